The molecule has 0 bridgehead atoms. The van der Waals surface area contributed by atoms with Crippen molar-refractivity contribution >= 4 is 23.1 Å². The average molecular weight is 259 g/mol. The Kier molecular flexibility index (Phi) is 3.39. The lowest BCUT2D eigenvalue weighted by Gasteiger charge is -2.30. The number of halogens is 1. The number of nitro groups is 1. The highest BCUT2D eigenvalue weighted by atomic mass is 35.5. The number of hydrogen-bond acceptors (Lipinski definition) is 6. The number of nitrogens with zero attached hydrogens (tertiary/aromatic N) is 4. The third-order valence-corrected chi connectivity index (χ3v) is 2.91. The molecule has 1 fully saturated rings. The molecule has 1 aromatic rings. The van der Waals surface area contributed by atoms with Gasteiger partial charge in [0.05, 0.1) is 11.0 Å². The molecule has 0 aromatic carbocycles. The maximum atomic E-state index is 10.9. The monoisotopic (exact) mass is 258 g/mol. The van der Waals surface area contributed by atoms with E-state index in [-0.39, 0.29) is 16.7 Å². The fourth-order valence-electron chi connectivity index (χ4n) is 1.88. The second-order valence-electron chi connectivity index (χ2n) is 3.84. The molecule has 1 aliphatic heterocycles. The summed E-state index contributed by atoms with van der Waals surface area (Å²) >= 11 is 5.70. The topological polar surface area (TPSA) is 92.4 Å². The maximum absolute atomic E-state index is 10.9. The van der Waals surface area contributed by atoms with Crippen molar-refractivity contribution in [2.24, 2.45) is 0 Å². The van der Waals surface area contributed by atoms with E-state index in [1.54, 1.807) is 4.90 Å². The highest BCUT2D eigenvalue weighted by Crippen LogP contribution is 2.32. The van der Waals surface area contributed by atoms with E-state index in [2.05, 4.69) is 9.97 Å². The Morgan fingerprint density at radius 1 is 1.59 bits per heavy atom. The van der Waals surface area contributed by atoms with Crippen LogP contribution >= 0.6 is 11.6 Å². The fourth-order valence-corrected chi connectivity index (χ4v) is 2.08. The summed E-state index contributed by atoms with van der Waals surface area (Å²) in [4.78, 5) is 19.5. The Hall–Kier alpha value is -1.47. The zero-order valence-corrected chi connectivity index (χ0v) is 9.67. The van der Waals surface area contributed by atoms with Crippen molar-refractivity contribution in [3.05, 3.63) is 21.6 Å². The number of β-amino-alcohol motifs (C(OH)–C–C–N with tert-alkyl or cyclic N) is 1. The van der Waals surface area contributed by atoms with Crippen LogP contribution in [-0.4, -0.2) is 39.2 Å². The summed E-state index contributed by atoms with van der Waals surface area (Å²) in [6.07, 6.45) is 2.16. The third-order valence-electron chi connectivity index (χ3n) is 2.64. The highest BCUT2D eigenvalue weighted by Gasteiger charge is 2.28. The van der Waals surface area contributed by atoms with E-state index in [0.29, 0.717) is 19.5 Å². The smallest absolute Gasteiger partial charge is 0.348 e. The summed E-state index contributed by atoms with van der Waals surface area (Å²) in [7, 11) is 0. The molecule has 1 aromatic heterocycles. The molecule has 1 N–H and O–H groups in total. The zero-order valence-electron chi connectivity index (χ0n) is 8.91. The van der Waals surface area contributed by atoms with Gasteiger partial charge in [-0.1, -0.05) is 11.6 Å². The van der Waals surface area contributed by atoms with Gasteiger partial charge in [0.1, 0.15) is 6.33 Å². The Balaban J connectivity index is 2.37. The molecule has 0 amide bonds. The normalized spacial score (nSPS) is 20.4. The molecule has 7 nitrogen and oxygen atoms in total. The van der Waals surface area contributed by atoms with Gasteiger partial charge in [0.15, 0.2) is 0 Å². The van der Waals surface area contributed by atoms with Crippen molar-refractivity contribution in [3.8, 4) is 0 Å². The van der Waals surface area contributed by atoms with Crippen LogP contribution in [-0.2, 0) is 0 Å². The van der Waals surface area contributed by atoms with Crippen molar-refractivity contribution in [3.63, 3.8) is 0 Å². The molecular formula is C9H11ClN4O3. The molecule has 92 valence electrons. The molecular weight excluding hydrogens is 248 g/mol. The van der Waals surface area contributed by atoms with Crippen LogP contribution in [0.5, 0.6) is 0 Å². The quantitative estimate of drug-likeness (QED) is 0.483. The van der Waals surface area contributed by atoms with Crippen molar-refractivity contribution in [1.29, 1.82) is 0 Å². The molecule has 1 atom stereocenters. The Morgan fingerprint density at radius 3 is 3.00 bits per heavy atom. The Labute approximate surface area is 102 Å². The number of aliphatic hydroxyl groups is 1. The first-order valence-corrected chi connectivity index (χ1v) is 5.55. The van der Waals surface area contributed by atoms with Crippen LogP contribution in [0, 0.1) is 10.1 Å². The van der Waals surface area contributed by atoms with E-state index in [4.69, 9.17) is 11.6 Å². The predicted molar refractivity (Wildman–Crippen MR) is 61.2 cm³/mol. The average Bonchev–Trinajstić information content (AvgIpc) is 2.28. The van der Waals surface area contributed by atoms with Gasteiger partial charge in [0, 0.05) is 13.1 Å². The predicted octanol–water partition coefficient (Wildman–Crippen LogP) is 0.999. The van der Waals surface area contributed by atoms with Crippen molar-refractivity contribution < 1.29 is 10.0 Å². The first-order chi connectivity index (χ1) is 8.09. The van der Waals surface area contributed by atoms with E-state index >= 15 is 0 Å². The van der Waals surface area contributed by atoms with Crippen molar-refractivity contribution in [2.45, 2.75) is 18.9 Å². The van der Waals surface area contributed by atoms with Crippen LogP contribution < -0.4 is 4.90 Å². The van der Waals surface area contributed by atoms with Crippen molar-refractivity contribution in [2.75, 3.05) is 18.0 Å². The summed E-state index contributed by atoms with van der Waals surface area (Å²) in [5, 5.41) is 20.3. The van der Waals surface area contributed by atoms with Crippen LogP contribution in [0.4, 0.5) is 11.5 Å². The van der Waals surface area contributed by atoms with Crippen LogP contribution in [0.25, 0.3) is 0 Å². The molecule has 0 saturated carbocycles. The Morgan fingerprint density at radius 2 is 2.35 bits per heavy atom. The van der Waals surface area contributed by atoms with E-state index in [9.17, 15) is 15.2 Å². The molecule has 8 heteroatoms. The number of anilines is 1. The summed E-state index contributed by atoms with van der Waals surface area (Å²) in [5.74, 6) is 0.175. The number of aromatic nitrogens is 2. The molecule has 17 heavy (non-hydrogen) atoms. The van der Waals surface area contributed by atoms with Gasteiger partial charge in [0.2, 0.25) is 11.0 Å². The Bertz CT molecular complexity index is 442. The maximum Gasteiger partial charge on any atom is 0.348 e. The van der Waals surface area contributed by atoms with Gasteiger partial charge in [-0.2, -0.15) is 0 Å². The van der Waals surface area contributed by atoms with Crippen LogP contribution in [0.2, 0.25) is 5.15 Å². The fraction of sp³-hybridized carbons (Fsp3) is 0.556. The molecule has 0 spiro atoms. The number of hydrogen-bond donors (Lipinski definition) is 1. The summed E-state index contributed by atoms with van der Waals surface area (Å²) in [6.45, 7) is 0.944. The lowest BCUT2D eigenvalue weighted by atomic mass is 10.1. The van der Waals surface area contributed by atoms with E-state index < -0.39 is 11.0 Å². The van der Waals surface area contributed by atoms with Gasteiger partial charge < -0.3 is 10.0 Å². The van der Waals surface area contributed by atoms with Gasteiger partial charge in [-0.05, 0) is 12.8 Å². The summed E-state index contributed by atoms with van der Waals surface area (Å²) in [5.41, 5.74) is -0.303. The van der Waals surface area contributed by atoms with Crippen LogP contribution in [0.3, 0.4) is 0 Å². The highest BCUT2D eigenvalue weighted by molar-refractivity contribution is 6.31. The van der Waals surface area contributed by atoms with Crippen LogP contribution in [0.15, 0.2) is 6.33 Å². The molecule has 0 aliphatic carbocycles. The largest absolute Gasteiger partial charge is 0.391 e. The first-order valence-electron chi connectivity index (χ1n) is 5.17. The molecule has 1 saturated heterocycles. The van der Waals surface area contributed by atoms with Gasteiger partial charge in [0.25, 0.3) is 0 Å². The van der Waals surface area contributed by atoms with Gasteiger partial charge in [-0.3, -0.25) is 10.1 Å². The van der Waals surface area contributed by atoms with Crippen LogP contribution in [0.1, 0.15) is 12.8 Å². The summed E-state index contributed by atoms with van der Waals surface area (Å²) < 4.78 is 0. The lowest BCUT2D eigenvalue weighted by Crippen LogP contribution is -2.39. The third kappa shape index (κ3) is 2.45. The minimum Gasteiger partial charge on any atom is -0.391 e. The van der Waals surface area contributed by atoms with Gasteiger partial charge in [-0.25, -0.2) is 9.97 Å². The first kappa shape index (κ1) is 12.0. The second-order valence-corrected chi connectivity index (χ2v) is 4.19. The molecule has 1 aliphatic rings. The lowest BCUT2D eigenvalue weighted by molar-refractivity contribution is -0.384. The number of rotatable bonds is 2. The minimum absolute atomic E-state index is 0.175. The molecule has 2 rings (SSSR count). The van der Waals surface area contributed by atoms with Crippen molar-refractivity contribution in [1.82, 2.24) is 9.97 Å². The van der Waals surface area contributed by atoms with E-state index in [1.165, 1.54) is 6.33 Å². The molecule has 1 unspecified atom stereocenters. The van der Waals surface area contributed by atoms with Gasteiger partial charge >= 0.3 is 5.69 Å². The van der Waals surface area contributed by atoms with Gasteiger partial charge in [-0.15, -0.1) is 0 Å². The number of piperidine rings is 1. The van der Waals surface area contributed by atoms with E-state index in [1.807, 2.05) is 0 Å². The molecule has 0 radical (unpaired) electrons. The zero-order chi connectivity index (χ0) is 12.4. The standard InChI is InChI=1S/C9H11ClN4O3/c10-8-7(14(16)17)9(12-5-11-8)13-3-1-2-6(15)4-13/h5-6,15H,1-4H2. The second kappa shape index (κ2) is 4.80. The minimum atomic E-state index is -0.599. The SMILES string of the molecule is O=[N+]([O-])c1c(Cl)ncnc1N1CCCC(O)C1. The number of aliphatic hydroxyl groups excluding tert-OH is 1. The molecule has 2 heterocycles. The summed E-state index contributed by atoms with van der Waals surface area (Å²) in [6, 6.07) is 0. The van der Waals surface area contributed by atoms with E-state index in [0.717, 1.165) is 6.42 Å².